The monoisotopic (exact) mass is 140 g/mol. The van der Waals surface area contributed by atoms with Gasteiger partial charge in [-0.15, -0.1) is 0 Å². The highest BCUT2D eigenvalue weighted by atomic mass is 15.3. The zero-order valence-corrected chi connectivity index (χ0v) is 6.20. The van der Waals surface area contributed by atoms with E-state index in [1.54, 1.807) is 17.8 Å². The van der Waals surface area contributed by atoms with Crippen LogP contribution in [0.25, 0.3) is 0 Å². The van der Waals surface area contributed by atoms with Crippen LogP contribution in [0.5, 0.6) is 0 Å². The van der Waals surface area contributed by atoms with Gasteiger partial charge in [0, 0.05) is 19.2 Å². The number of anilines is 1. The van der Waals surface area contributed by atoms with Gasteiger partial charge >= 0.3 is 0 Å². The molecule has 0 aliphatic rings. The normalized spacial score (nSPS) is 13.5. The van der Waals surface area contributed by atoms with Crippen molar-refractivity contribution in [2.75, 3.05) is 5.73 Å². The summed E-state index contributed by atoms with van der Waals surface area (Å²) in [5.74, 6) is 0.646. The standard InChI is InChI=1S/C6H12N4/c1-4(7)5-3-6(8)10(2)9-5/h3-4H,7-8H2,1-2H3. The van der Waals surface area contributed by atoms with E-state index in [0.717, 1.165) is 5.69 Å². The first-order chi connectivity index (χ1) is 4.61. The third kappa shape index (κ3) is 1.11. The topological polar surface area (TPSA) is 69.9 Å². The Bertz CT molecular complexity index is 206. The Morgan fingerprint density at radius 1 is 1.70 bits per heavy atom. The number of rotatable bonds is 1. The lowest BCUT2D eigenvalue weighted by atomic mass is 10.2. The molecule has 56 valence electrons. The summed E-state index contributed by atoms with van der Waals surface area (Å²) in [5.41, 5.74) is 11.9. The number of nitrogens with two attached hydrogens (primary N) is 2. The second-order valence-corrected chi connectivity index (χ2v) is 2.41. The molecular formula is C6H12N4. The molecule has 4 heteroatoms. The largest absolute Gasteiger partial charge is 0.384 e. The molecule has 1 unspecified atom stereocenters. The number of nitrogens with zero attached hydrogens (tertiary/aromatic N) is 2. The molecule has 1 aromatic rings. The van der Waals surface area contributed by atoms with Gasteiger partial charge in [0.05, 0.1) is 5.69 Å². The second kappa shape index (κ2) is 2.30. The van der Waals surface area contributed by atoms with Gasteiger partial charge in [-0.05, 0) is 6.92 Å². The minimum atomic E-state index is -0.0384. The molecule has 4 nitrogen and oxygen atoms in total. The molecule has 1 atom stereocenters. The maximum absolute atomic E-state index is 5.56. The van der Waals surface area contributed by atoms with Gasteiger partial charge in [0.15, 0.2) is 0 Å². The molecule has 0 fully saturated rings. The number of hydrogen-bond donors (Lipinski definition) is 2. The van der Waals surface area contributed by atoms with E-state index in [-0.39, 0.29) is 6.04 Å². The van der Waals surface area contributed by atoms with E-state index in [9.17, 15) is 0 Å². The highest BCUT2D eigenvalue weighted by molar-refractivity contribution is 5.31. The summed E-state index contributed by atoms with van der Waals surface area (Å²) < 4.78 is 1.61. The van der Waals surface area contributed by atoms with E-state index >= 15 is 0 Å². The van der Waals surface area contributed by atoms with Gasteiger partial charge in [0.25, 0.3) is 0 Å². The molecule has 0 aromatic carbocycles. The van der Waals surface area contributed by atoms with Crippen molar-refractivity contribution >= 4 is 5.82 Å². The minimum Gasteiger partial charge on any atom is -0.384 e. The smallest absolute Gasteiger partial charge is 0.121 e. The quantitative estimate of drug-likeness (QED) is 0.577. The van der Waals surface area contributed by atoms with E-state index in [1.807, 2.05) is 6.92 Å². The Kier molecular flexibility index (Phi) is 1.63. The van der Waals surface area contributed by atoms with Crippen LogP contribution in [0, 0.1) is 0 Å². The van der Waals surface area contributed by atoms with Crippen LogP contribution >= 0.6 is 0 Å². The summed E-state index contributed by atoms with van der Waals surface area (Å²) in [4.78, 5) is 0. The zero-order chi connectivity index (χ0) is 7.72. The molecule has 0 saturated carbocycles. The van der Waals surface area contributed by atoms with E-state index in [2.05, 4.69) is 5.10 Å². The van der Waals surface area contributed by atoms with Gasteiger partial charge in [0.1, 0.15) is 5.82 Å². The van der Waals surface area contributed by atoms with Crippen LogP contribution in [-0.4, -0.2) is 9.78 Å². The van der Waals surface area contributed by atoms with Gasteiger partial charge in [-0.2, -0.15) is 5.10 Å². The first kappa shape index (κ1) is 7.08. The zero-order valence-electron chi connectivity index (χ0n) is 6.20. The van der Waals surface area contributed by atoms with Crippen molar-refractivity contribution in [2.45, 2.75) is 13.0 Å². The van der Waals surface area contributed by atoms with Crippen molar-refractivity contribution in [3.05, 3.63) is 11.8 Å². The molecule has 1 aromatic heterocycles. The third-order valence-electron chi connectivity index (χ3n) is 1.40. The molecule has 1 heterocycles. The molecule has 0 saturated heterocycles. The number of nitrogen functional groups attached to an aromatic ring is 1. The van der Waals surface area contributed by atoms with Crippen molar-refractivity contribution in [3.63, 3.8) is 0 Å². The molecule has 0 spiro atoms. The fourth-order valence-corrected chi connectivity index (χ4v) is 0.727. The highest BCUT2D eigenvalue weighted by Crippen LogP contribution is 2.09. The average molecular weight is 140 g/mol. The van der Waals surface area contributed by atoms with Crippen molar-refractivity contribution < 1.29 is 0 Å². The van der Waals surface area contributed by atoms with Crippen LogP contribution in [-0.2, 0) is 7.05 Å². The second-order valence-electron chi connectivity index (χ2n) is 2.41. The van der Waals surface area contributed by atoms with Gasteiger partial charge < -0.3 is 11.5 Å². The molecule has 0 aliphatic heterocycles. The lowest BCUT2D eigenvalue weighted by Gasteiger charge is -1.96. The predicted molar refractivity (Wildman–Crippen MR) is 40.2 cm³/mol. The Morgan fingerprint density at radius 3 is 2.50 bits per heavy atom. The summed E-state index contributed by atoms with van der Waals surface area (Å²) in [6.07, 6.45) is 0. The average Bonchev–Trinajstić information content (AvgIpc) is 2.13. The molecule has 0 bridgehead atoms. The number of hydrogen-bond acceptors (Lipinski definition) is 3. The SMILES string of the molecule is CC(N)c1cc(N)n(C)n1. The molecule has 4 N–H and O–H groups in total. The molecule has 0 amide bonds. The van der Waals surface area contributed by atoms with Gasteiger partial charge in [-0.1, -0.05) is 0 Å². The Balaban J connectivity index is 2.98. The fourth-order valence-electron chi connectivity index (χ4n) is 0.727. The van der Waals surface area contributed by atoms with E-state index < -0.39 is 0 Å². The van der Waals surface area contributed by atoms with Gasteiger partial charge in [-0.25, -0.2) is 0 Å². The van der Waals surface area contributed by atoms with Crippen LogP contribution < -0.4 is 11.5 Å². The summed E-state index contributed by atoms with van der Waals surface area (Å²) in [7, 11) is 1.79. The lowest BCUT2D eigenvalue weighted by Crippen LogP contribution is -2.06. The maximum atomic E-state index is 5.56. The van der Waals surface area contributed by atoms with Crippen molar-refractivity contribution in [3.8, 4) is 0 Å². The highest BCUT2D eigenvalue weighted by Gasteiger charge is 2.04. The summed E-state index contributed by atoms with van der Waals surface area (Å²) in [5, 5.41) is 4.08. The van der Waals surface area contributed by atoms with Crippen LogP contribution in [0.4, 0.5) is 5.82 Å². The summed E-state index contributed by atoms with van der Waals surface area (Å²) in [6, 6.07) is 1.74. The molecular weight excluding hydrogens is 128 g/mol. The van der Waals surface area contributed by atoms with Gasteiger partial charge in [-0.3, -0.25) is 4.68 Å². The van der Waals surface area contributed by atoms with Crippen LogP contribution in [0.2, 0.25) is 0 Å². The number of aromatic nitrogens is 2. The molecule has 1 rings (SSSR count). The molecule has 0 aliphatic carbocycles. The maximum Gasteiger partial charge on any atom is 0.121 e. The summed E-state index contributed by atoms with van der Waals surface area (Å²) in [6.45, 7) is 1.88. The van der Waals surface area contributed by atoms with Crippen molar-refractivity contribution in [1.82, 2.24) is 9.78 Å². The first-order valence-electron chi connectivity index (χ1n) is 3.16. The minimum absolute atomic E-state index is 0.0384. The Morgan fingerprint density at radius 2 is 2.30 bits per heavy atom. The fraction of sp³-hybridized carbons (Fsp3) is 0.500. The van der Waals surface area contributed by atoms with Crippen LogP contribution in [0.15, 0.2) is 6.07 Å². The third-order valence-corrected chi connectivity index (χ3v) is 1.40. The van der Waals surface area contributed by atoms with E-state index in [1.165, 1.54) is 0 Å². The van der Waals surface area contributed by atoms with E-state index in [0.29, 0.717) is 5.82 Å². The Labute approximate surface area is 59.8 Å². The summed E-state index contributed by atoms with van der Waals surface area (Å²) >= 11 is 0. The van der Waals surface area contributed by atoms with Crippen molar-refractivity contribution in [2.24, 2.45) is 12.8 Å². The van der Waals surface area contributed by atoms with Crippen LogP contribution in [0.1, 0.15) is 18.7 Å². The van der Waals surface area contributed by atoms with Crippen molar-refractivity contribution in [1.29, 1.82) is 0 Å². The predicted octanol–water partition coefficient (Wildman–Crippen LogP) is 0.0220. The lowest BCUT2D eigenvalue weighted by molar-refractivity contribution is 0.704. The van der Waals surface area contributed by atoms with E-state index in [4.69, 9.17) is 11.5 Å². The number of aryl methyl sites for hydroxylation is 1. The Hall–Kier alpha value is -1.03. The molecule has 0 radical (unpaired) electrons. The first-order valence-corrected chi connectivity index (χ1v) is 3.16. The molecule has 10 heavy (non-hydrogen) atoms. The van der Waals surface area contributed by atoms with Crippen LogP contribution in [0.3, 0.4) is 0 Å². The van der Waals surface area contributed by atoms with Gasteiger partial charge in [0.2, 0.25) is 0 Å².